The largest absolute Gasteiger partial charge is 0.342 e. The minimum Gasteiger partial charge on any atom is -0.342 e. The summed E-state index contributed by atoms with van der Waals surface area (Å²) in [5.41, 5.74) is 5.78. The zero-order chi connectivity index (χ0) is 15.8. The average Bonchev–Trinajstić information content (AvgIpc) is 2.99. The first kappa shape index (κ1) is 14.0. The van der Waals surface area contributed by atoms with Crippen molar-refractivity contribution in [3.05, 3.63) is 71.5 Å². The third-order valence-electron chi connectivity index (χ3n) is 3.78. The number of aryl methyl sites for hydroxylation is 1. The summed E-state index contributed by atoms with van der Waals surface area (Å²) >= 11 is 5.99. The fourth-order valence-corrected chi connectivity index (χ4v) is 2.83. The molecular formula is C19H14ClN3. The maximum absolute atomic E-state index is 5.99. The average molecular weight is 320 g/mol. The minimum absolute atomic E-state index is 0.713. The van der Waals surface area contributed by atoms with Crippen LogP contribution in [0, 0.1) is 6.92 Å². The topological polar surface area (TPSA) is 41.6 Å². The van der Waals surface area contributed by atoms with E-state index in [0.717, 1.165) is 39.7 Å². The van der Waals surface area contributed by atoms with Gasteiger partial charge in [0.1, 0.15) is 17.2 Å². The van der Waals surface area contributed by atoms with Gasteiger partial charge in [0.05, 0.1) is 11.4 Å². The lowest BCUT2D eigenvalue weighted by atomic mass is 10.1. The number of hydrogen-bond acceptors (Lipinski definition) is 2. The van der Waals surface area contributed by atoms with Crippen molar-refractivity contribution in [2.75, 3.05) is 0 Å². The summed E-state index contributed by atoms with van der Waals surface area (Å²) in [5, 5.41) is 0.713. The van der Waals surface area contributed by atoms with Gasteiger partial charge in [-0.1, -0.05) is 54.1 Å². The number of rotatable bonds is 2. The summed E-state index contributed by atoms with van der Waals surface area (Å²) < 4.78 is 0. The Labute approximate surface area is 139 Å². The second-order valence-electron chi connectivity index (χ2n) is 5.45. The second-order valence-corrected chi connectivity index (χ2v) is 5.88. The highest BCUT2D eigenvalue weighted by molar-refractivity contribution is 6.30. The fourth-order valence-electron chi connectivity index (χ4n) is 2.70. The molecule has 0 saturated carbocycles. The smallest absolute Gasteiger partial charge is 0.114 e. The van der Waals surface area contributed by atoms with Gasteiger partial charge < -0.3 is 4.98 Å². The zero-order valence-corrected chi connectivity index (χ0v) is 13.3. The summed E-state index contributed by atoms with van der Waals surface area (Å²) in [6.07, 6.45) is 0. The Morgan fingerprint density at radius 1 is 0.826 bits per heavy atom. The van der Waals surface area contributed by atoms with Crippen LogP contribution >= 0.6 is 11.6 Å². The van der Waals surface area contributed by atoms with E-state index in [1.165, 1.54) is 0 Å². The van der Waals surface area contributed by atoms with Crippen LogP contribution in [0.3, 0.4) is 0 Å². The molecule has 4 heteroatoms. The van der Waals surface area contributed by atoms with E-state index in [0.29, 0.717) is 5.02 Å². The van der Waals surface area contributed by atoms with Crippen LogP contribution in [0.1, 0.15) is 5.82 Å². The number of aromatic nitrogens is 3. The Balaban J connectivity index is 1.92. The second kappa shape index (κ2) is 5.52. The number of hydrogen-bond donors (Lipinski definition) is 1. The molecule has 2 aliphatic heterocycles. The molecule has 0 aliphatic carbocycles. The van der Waals surface area contributed by atoms with E-state index in [4.69, 9.17) is 16.6 Å². The molecule has 0 unspecified atom stereocenters. The van der Waals surface area contributed by atoms with Crippen molar-refractivity contribution in [1.29, 1.82) is 0 Å². The molecule has 112 valence electrons. The lowest BCUT2D eigenvalue weighted by Gasteiger charge is -2.08. The molecule has 1 N–H and O–H groups in total. The minimum atomic E-state index is 0.713. The van der Waals surface area contributed by atoms with E-state index in [1.54, 1.807) is 0 Å². The first-order valence-corrected chi connectivity index (χ1v) is 7.77. The van der Waals surface area contributed by atoms with Gasteiger partial charge in [-0.2, -0.15) is 0 Å². The highest BCUT2D eigenvalue weighted by Gasteiger charge is 2.18. The van der Waals surface area contributed by atoms with E-state index < -0.39 is 0 Å². The first-order valence-electron chi connectivity index (χ1n) is 7.39. The summed E-state index contributed by atoms with van der Waals surface area (Å²) in [6.45, 7) is 1.95. The number of H-pyrrole nitrogens is 1. The van der Waals surface area contributed by atoms with Crippen LogP contribution in [0.2, 0.25) is 5.02 Å². The van der Waals surface area contributed by atoms with Crippen molar-refractivity contribution < 1.29 is 0 Å². The third kappa shape index (κ3) is 2.60. The molecule has 0 bridgehead atoms. The van der Waals surface area contributed by atoms with Gasteiger partial charge in [-0.3, -0.25) is 0 Å². The van der Waals surface area contributed by atoms with Gasteiger partial charge in [-0.15, -0.1) is 0 Å². The first-order chi connectivity index (χ1) is 11.2. The Bertz CT molecular complexity index is 927. The van der Waals surface area contributed by atoms with Gasteiger partial charge >= 0.3 is 0 Å². The Kier molecular flexibility index (Phi) is 3.36. The van der Waals surface area contributed by atoms with Crippen molar-refractivity contribution >= 4 is 11.6 Å². The maximum atomic E-state index is 5.99. The molecule has 3 nitrogen and oxygen atoms in total. The lowest BCUT2D eigenvalue weighted by Crippen LogP contribution is -1.97. The number of halogens is 1. The third-order valence-corrected chi connectivity index (χ3v) is 4.03. The Hall–Kier alpha value is -2.65. The molecule has 2 aliphatic rings. The number of fused-ring (bicyclic) bond motifs is 1. The molecule has 0 aromatic heterocycles. The molecule has 23 heavy (non-hydrogen) atoms. The lowest BCUT2D eigenvalue weighted by molar-refractivity contribution is 1.06. The summed E-state index contributed by atoms with van der Waals surface area (Å²) in [4.78, 5) is 12.7. The molecule has 4 rings (SSSR count). The van der Waals surface area contributed by atoms with Gasteiger partial charge in [-0.05, 0) is 25.1 Å². The molecule has 0 spiro atoms. The van der Waals surface area contributed by atoms with Gasteiger partial charge in [0.15, 0.2) is 0 Å². The normalized spacial score (nSPS) is 11.0. The summed E-state index contributed by atoms with van der Waals surface area (Å²) in [6, 6.07) is 19.9. The van der Waals surface area contributed by atoms with Crippen LogP contribution in [0.25, 0.3) is 33.9 Å². The van der Waals surface area contributed by atoms with Crippen molar-refractivity contribution in [3.8, 4) is 33.9 Å². The van der Waals surface area contributed by atoms with Gasteiger partial charge in [-0.25, -0.2) is 9.97 Å². The van der Waals surface area contributed by atoms with E-state index in [-0.39, 0.29) is 0 Å². The Morgan fingerprint density at radius 2 is 1.57 bits per heavy atom. The van der Waals surface area contributed by atoms with E-state index >= 15 is 0 Å². The standard InChI is InChI=1S/C19H14ClN3/c1-12-21-17-11-16(13-5-3-2-4-6-13)23-19(17)18(22-12)14-7-9-15(20)10-8-14/h2-11H,1H3,(H,21,22). The maximum Gasteiger partial charge on any atom is 0.114 e. The van der Waals surface area contributed by atoms with Gasteiger partial charge in [0.2, 0.25) is 0 Å². The molecule has 0 saturated heterocycles. The number of nitrogens with zero attached hydrogens (tertiary/aromatic N) is 2. The monoisotopic (exact) mass is 319 g/mol. The predicted octanol–water partition coefficient (Wildman–Crippen LogP) is 5.21. The molecule has 0 amide bonds. The van der Waals surface area contributed by atoms with Crippen LogP contribution < -0.4 is 0 Å². The van der Waals surface area contributed by atoms with E-state index in [9.17, 15) is 0 Å². The SMILES string of the molecule is Cc1nc(-c2ccc(Cl)cc2)c2nc(-c3ccccc3)cc-2[nH]1. The van der Waals surface area contributed by atoms with Crippen LogP contribution in [-0.4, -0.2) is 15.0 Å². The number of nitrogens with one attached hydrogen (secondary N) is 1. The summed E-state index contributed by atoms with van der Waals surface area (Å²) in [7, 11) is 0. The van der Waals surface area contributed by atoms with E-state index in [1.807, 2.05) is 49.4 Å². The van der Waals surface area contributed by atoms with E-state index in [2.05, 4.69) is 28.2 Å². The van der Waals surface area contributed by atoms with Gasteiger partial charge in [0.25, 0.3) is 0 Å². The number of benzene rings is 2. The van der Waals surface area contributed by atoms with Crippen LogP contribution in [-0.2, 0) is 0 Å². The molecule has 2 aromatic carbocycles. The highest BCUT2D eigenvalue weighted by atomic mass is 35.5. The molecule has 0 radical (unpaired) electrons. The van der Waals surface area contributed by atoms with Crippen molar-refractivity contribution in [1.82, 2.24) is 15.0 Å². The molecule has 0 atom stereocenters. The van der Waals surface area contributed by atoms with Crippen molar-refractivity contribution in [2.24, 2.45) is 0 Å². The number of aromatic amines is 1. The fraction of sp³-hybridized carbons (Fsp3) is 0.0526. The van der Waals surface area contributed by atoms with Gasteiger partial charge in [0, 0.05) is 16.1 Å². The Morgan fingerprint density at radius 3 is 2.30 bits per heavy atom. The van der Waals surface area contributed by atoms with Crippen LogP contribution in [0.15, 0.2) is 60.7 Å². The molecular weight excluding hydrogens is 306 g/mol. The van der Waals surface area contributed by atoms with Crippen LogP contribution in [0.4, 0.5) is 0 Å². The van der Waals surface area contributed by atoms with Crippen molar-refractivity contribution in [2.45, 2.75) is 6.92 Å². The van der Waals surface area contributed by atoms with Crippen LogP contribution in [0.5, 0.6) is 0 Å². The summed E-state index contributed by atoms with van der Waals surface area (Å²) in [5.74, 6) is 0.856. The zero-order valence-electron chi connectivity index (χ0n) is 12.5. The molecule has 2 heterocycles. The quantitative estimate of drug-likeness (QED) is 0.551. The molecule has 0 fully saturated rings. The molecule has 2 aromatic rings. The highest BCUT2D eigenvalue weighted by Crippen LogP contribution is 2.34. The predicted molar refractivity (Wildman–Crippen MR) is 93.6 cm³/mol. The van der Waals surface area contributed by atoms with Crippen molar-refractivity contribution in [3.63, 3.8) is 0 Å².